The van der Waals surface area contributed by atoms with Crippen molar-refractivity contribution in [1.29, 1.82) is 0 Å². The van der Waals surface area contributed by atoms with Crippen LogP contribution in [0.2, 0.25) is 0 Å². The standard InChI is InChI=1S/C10H12N2O/c1-8-3-2-4-9-10(8)12(5-6-13)7-11-9/h2-4,7,13H,5-6H2,1H3. The van der Waals surface area contributed by atoms with Crippen molar-refractivity contribution < 1.29 is 5.11 Å². The highest BCUT2D eigenvalue weighted by Gasteiger charge is 2.03. The summed E-state index contributed by atoms with van der Waals surface area (Å²) in [6.07, 6.45) is 1.77. The molecule has 3 nitrogen and oxygen atoms in total. The smallest absolute Gasteiger partial charge is 0.0959 e. The summed E-state index contributed by atoms with van der Waals surface area (Å²) in [4.78, 5) is 4.25. The Hall–Kier alpha value is -1.35. The van der Waals surface area contributed by atoms with Gasteiger partial charge in [0.1, 0.15) is 0 Å². The highest BCUT2D eigenvalue weighted by molar-refractivity contribution is 5.78. The average Bonchev–Trinajstić information content (AvgIpc) is 2.51. The maximum atomic E-state index is 8.84. The molecule has 0 saturated heterocycles. The molecule has 0 amide bonds. The summed E-state index contributed by atoms with van der Waals surface area (Å²) in [5.41, 5.74) is 3.31. The van der Waals surface area contributed by atoms with Crippen LogP contribution in [0.25, 0.3) is 11.0 Å². The van der Waals surface area contributed by atoms with Crippen LogP contribution in [0.3, 0.4) is 0 Å². The first-order chi connectivity index (χ1) is 6.33. The minimum atomic E-state index is 0.153. The van der Waals surface area contributed by atoms with Gasteiger partial charge in [0.25, 0.3) is 0 Å². The molecule has 0 radical (unpaired) electrons. The maximum absolute atomic E-state index is 8.84. The topological polar surface area (TPSA) is 38.0 Å². The third-order valence-corrected chi connectivity index (χ3v) is 2.18. The van der Waals surface area contributed by atoms with Crippen molar-refractivity contribution in [2.45, 2.75) is 13.5 Å². The fourth-order valence-electron chi connectivity index (χ4n) is 1.59. The van der Waals surface area contributed by atoms with Gasteiger partial charge in [0, 0.05) is 6.54 Å². The Bertz CT molecular complexity index is 420. The molecule has 3 heteroatoms. The van der Waals surface area contributed by atoms with Gasteiger partial charge >= 0.3 is 0 Å². The molecule has 0 saturated carbocycles. The normalized spacial score (nSPS) is 10.9. The van der Waals surface area contributed by atoms with Gasteiger partial charge in [-0.1, -0.05) is 12.1 Å². The van der Waals surface area contributed by atoms with E-state index in [4.69, 9.17) is 5.11 Å². The van der Waals surface area contributed by atoms with Crippen LogP contribution in [-0.4, -0.2) is 21.3 Å². The minimum Gasteiger partial charge on any atom is -0.395 e. The molecule has 0 aliphatic heterocycles. The van der Waals surface area contributed by atoms with Crippen LogP contribution in [0, 0.1) is 6.92 Å². The van der Waals surface area contributed by atoms with Crippen LogP contribution < -0.4 is 0 Å². The molecule has 1 aromatic carbocycles. The summed E-state index contributed by atoms with van der Waals surface area (Å²) in [6, 6.07) is 6.03. The molecule has 0 bridgehead atoms. The summed E-state index contributed by atoms with van der Waals surface area (Å²) in [5, 5.41) is 8.84. The molecule has 0 spiro atoms. The predicted octanol–water partition coefficient (Wildman–Crippen LogP) is 1.34. The molecule has 1 aromatic heterocycles. The van der Waals surface area contributed by atoms with Crippen LogP contribution in [0.5, 0.6) is 0 Å². The summed E-state index contributed by atoms with van der Waals surface area (Å²) < 4.78 is 1.98. The number of fused-ring (bicyclic) bond motifs is 1. The van der Waals surface area contributed by atoms with E-state index in [2.05, 4.69) is 18.0 Å². The lowest BCUT2D eigenvalue weighted by Gasteiger charge is -2.02. The third kappa shape index (κ3) is 1.31. The molecule has 0 atom stereocenters. The molecule has 13 heavy (non-hydrogen) atoms. The van der Waals surface area contributed by atoms with Gasteiger partial charge in [0.05, 0.1) is 24.0 Å². The SMILES string of the molecule is Cc1cccc2ncn(CCO)c12. The van der Waals surface area contributed by atoms with Crippen molar-refractivity contribution >= 4 is 11.0 Å². The van der Waals surface area contributed by atoms with Crippen molar-refractivity contribution in [2.75, 3.05) is 6.61 Å². The van der Waals surface area contributed by atoms with E-state index in [0.29, 0.717) is 6.54 Å². The fraction of sp³-hybridized carbons (Fsp3) is 0.300. The molecule has 0 unspecified atom stereocenters. The number of benzene rings is 1. The summed E-state index contributed by atoms with van der Waals surface area (Å²) in [5.74, 6) is 0. The van der Waals surface area contributed by atoms with Crippen LogP contribution in [-0.2, 0) is 6.54 Å². The Labute approximate surface area is 76.6 Å². The van der Waals surface area contributed by atoms with Gasteiger partial charge in [0.2, 0.25) is 0 Å². The minimum absolute atomic E-state index is 0.153. The molecular weight excluding hydrogens is 164 g/mol. The van der Waals surface area contributed by atoms with E-state index in [-0.39, 0.29) is 6.61 Å². The van der Waals surface area contributed by atoms with Crippen molar-refractivity contribution in [3.05, 3.63) is 30.1 Å². The quantitative estimate of drug-likeness (QED) is 0.749. The molecule has 1 N–H and O–H groups in total. The van der Waals surface area contributed by atoms with E-state index >= 15 is 0 Å². The number of rotatable bonds is 2. The summed E-state index contributed by atoms with van der Waals surface area (Å²) in [6.45, 7) is 2.82. The highest BCUT2D eigenvalue weighted by Crippen LogP contribution is 2.16. The number of hydrogen-bond donors (Lipinski definition) is 1. The van der Waals surface area contributed by atoms with Crippen molar-refractivity contribution in [1.82, 2.24) is 9.55 Å². The Kier molecular flexibility index (Phi) is 2.02. The van der Waals surface area contributed by atoms with Gasteiger partial charge in [-0.25, -0.2) is 4.98 Å². The van der Waals surface area contributed by atoms with E-state index < -0.39 is 0 Å². The molecule has 0 aliphatic rings. The number of hydrogen-bond acceptors (Lipinski definition) is 2. The second-order valence-corrected chi connectivity index (χ2v) is 3.10. The second-order valence-electron chi connectivity index (χ2n) is 3.10. The maximum Gasteiger partial charge on any atom is 0.0959 e. The monoisotopic (exact) mass is 176 g/mol. The second kappa shape index (κ2) is 3.18. The van der Waals surface area contributed by atoms with Gasteiger partial charge in [0.15, 0.2) is 0 Å². The zero-order valence-electron chi connectivity index (χ0n) is 7.57. The van der Waals surface area contributed by atoms with E-state index in [1.54, 1.807) is 6.33 Å². The highest BCUT2D eigenvalue weighted by atomic mass is 16.3. The van der Waals surface area contributed by atoms with E-state index in [0.717, 1.165) is 11.0 Å². The average molecular weight is 176 g/mol. The largest absolute Gasteiger partial charge is 0.395 e. The van der Waals surface area contributed by atoms with E-state index in [1.807, 2.05) is 16.7 Å². The first-order valence-electron chi connectivity index (χ1n) is 4.34. The van der Waals surface area contributed by atoms with E-state index in [1.165, 1.54) is 5.56 Å². The number of nitrogens with zero attached hydrogens (tertiary/aromatic N) is 2. The van der Waals surface area contributed by atoms with Gasteiger partial charge in [-0.3, -0.25) is 0 Å². The molecule has 68 valence electrons. The predicted molar refractivity (Wildman–Crippen MR) is 51.6 cm³/mol. The lowest BCUT2D eigenvalue weighted by molar-refractivity contribution is 0.278. The van der Waals surface area contributed by atoms with Gasteiger partial charge in [-0.2, -0.15) is 0 Å². The molecule has 0 aliphatic carbocycles. The molecule has 1 heterocycles. The van der Waals surface area contributed by atoms with Gasteiger partial charge < -0.3 is 9.67 Å². The first-order valence-corrected chi connectivity index (χ1v) is 4.34. The molecular formula is C10H12N2O. The molecule has 0 fully saturated rings. The van der Waals surface area contributed by atoms with Crippen LogP contribution >= 0.6 is 0 Å². The van der Waals surface area contributed by atoms with E-state index in [9.17, 15) is 0 Å². The first kappa shape index (κ1) is 8.26. The number of aromatic nitrogens is 2. The zero-order chi connectivity index (χ0) is 9.26. The molecule has 2 rings (SSSR count). The Morgan fingerprint density at radius 2 is 2.31 bits per heavy atom. The number of aryl methyl sites for hydroxylation is 1. The Morgan fingerprint density at radius 3 is 3.08 bits per heavy atom. The molecule has 2 aromatic rings. The number of para-hydroxylation sites is 1. The van der Waals surface area contributed by atoms with Gasteiger partial charge in [-0.15, -0.1) is 0 Å². The van der Waals surface area contributed by atoms with Crippen molar-refractivity contribution in [3.8, 4) is 0 Å². The lowest BCUT2D eigenvalue weighted by atomic mass is 10.2. The Balaban J connectivity index is 2.64. The van der Waals surface area contributed by atoms with Gasteiger partial charge in [-0.05, 0) is 18.6 Å². The van der Waals surface area contributed by atoms with Crippen LogP contribution in [0.15, 0.2) is 24.5 Å². The number of aliphatic hydroxyl groups excluding tert-OH is 1. The summed E-state index contributed by atoms with van der Waals surface area (Å²) >= 11 is 0. The fourth-order valence-corrected chi connectivity index (χ4v) is 1.59. The number of aliphatic hydroxyl groups is 1. The van der Waals surface area contributed by atoms with Crippen molar-refractivity contribution in [3.63, 3.8) is 0 Å². The third-order valence-electron chi connectivity index (χ3n) is 2.18. The van der Waals surface area contributed by atoms with Crippen molar-refractivity contribution in [2.24, 2.45) is 0 Å². The zero-order valence-corrected chi connectivity index (χ0v) is 7.57. The van der Waals surface area contributed by atoms with Crippen LogP contribution in [0.4, 0.5) is 0 Å². The van der Waals surface area contributed by atoms with Crippen LogP contribution in [0.1, 0.15) is 5.56 Å². The lowest BCUT2D eigenvalue weighted by Crippen LogP contribution is -2.00. The number of imidazole rings is 1. The Morgan fingerprint density at radius 1 is 1.46 bits per heavy atom. The summed E-state index contributed by atoms with van der Waals surface area (Å²) in [7, 11) is 0.